The highest BCUT2D eigenvalue weighted by molar-refractivity contribution is 5.91. The summed E-state index contributed by atoms with van der Waals surface area (Å²) in [5.41, 5.74) is 0.936. The number of hydroxylamine groups is 2. The molecule has 1 aliphatic rings. The van der Waals surface area contributed by atoms with E-state index in [0.717, 1.165) is 67.6 Å². The zero-order chi connectivity index (χ0) is 29.3. The molecule has 6 heteroatoms. The van der Waals surface area contributed by atoms with Crippen LogP contribution in [-0.4, -0.2) is 24.2 Å². The number of hydrogen-bond acceptors (Lipinski definition) is 5. The molecule has 1 fully saturated rings. The van der Waals surface area contributed by atoms with Gasteiger partial charge in [0.1, 0.15) is 17.2 Å². The van der Waals surface area contributed by atoms with E-state index in [1.807, 2.05) is 62.4 Å². The third-order valence-electron chi connectivity index (χ3n) is 8.28. The van der Waals surface area contributed by atoms with E-state index in [-0.39, 0.29) is 0 Å². The lowest BCUT2D eigenvalue weighted by Gasteiger charge is -2.37. The molecule has 219 valence electrons. The largest absolute Gasteiger partial charge is 0.494 e. The molecule has 0 aliphatic carbocycles. The van der Waals surface area contributed by atoms with Gasteiger partial charge in [0.05, 0.1) is 29.9 Å². The minimum atomic E-state index is -0.709. The molecule has 3 aromatic carbocycles. The number of rotatable bonds is 14. The maximum Gasteiger partial charge on any atom is 0.343 e. The number of carbonyl (C=O) groups excluding carboxylic acids is 1. The molecule has 1 radical (unpaired) electrons. The van der Waals surface area contributed by atoms with Crippen molar-refractivity contribution in [3.8, 4) is 17.2 Å². The summed E-state index contributed by atoms with van der Waals surface area (Å²) in [6.45, 7) is 9.71. The molecule has 0 N–H and O–H groups in total. The van der Waals surface area contributed by atoms with Gasteiger partial charge >= 0.3 is 5.97 Å². The number of hydrogen-bond donors (Lipinski definition) is 0. The monoisotopic (exact) mass is 558 g/mol. The number of esters is 1. The predicted octanol–water partition coefficient (Wildman–Crippen LogP) is 8.62. The topological polar surface area (TPSA) is 67.9 Å². The molecule has 41 heavy (non-hydrogen) atoms. The van der Waals surface area contributed by atoms with Gasteiger partial charge in [-0.1, -0.05) is 63.8 Å². The van der Waals surface area contributed by atoms with Crippen LogP contribution < -0.4 is 14.2 Å². The molecule has 0 aromatic heterocycles. The van der Waals surface area contributed by atoms with Gasteiger partial charge in [-0.25, -0.2) is 4.79 Å². The second kappa shape index (κ2) is 14.0. The van der Waals surface area contributed by atoms with Crippen molar-refractivity contribution in [1.82, 2.24) is 5.06 Å². The Kier molecular flexibility index (Phi) is 10.5. The van der Waals surface area contributed by atoms with Crippen LogP contribution in [-0.2, 0) is 16.3 Å². The fourth-order valence-electron chi connectivity index (χ4n) is 5.49. The van der Waals surface area contributed by atoms with Gasteiger partial charge in [0.2, 0.25) is 0 Å². The summed E-state index contributed by atoms with van der Waals surface area (Å²) < 4.78 is 17.2. The number of unbranched alkanes of at least 4 members (excludes halogenated alkanes) is 4. The summed E-state index contributed by atoms with van der Waals surface area (Å²) in [7, 11) is 0. The first-order chi connectivity index (χ1) is 19.8. The third-order valence-corrected chi connectivity index (χ3v) is 8.28. The highest BCUT2D eigenvalue weighted by Gasteiger charge is 2.52. The first kappa shape index (κ1) is 30.6. The highest BCUT2D eigenvalue weighted by Crippen LogP contribution is 2.51. The Bertz CT molecular complexity index is 1240. The molecule has 1 heterocycles. The normalized spacial score (nSPS) is 20.6. The Hall–Kier alpha value is -3.35. The van der Waals surface area contributed by atoms with Crippen molar-refractivity contribution in [3.05, 3.63) is 89.5 Å². The first-order valence-corrected chi connectivity index (χ1v) is 15.1. The van der Waals surface area contributed by atoms with Crippen LogP contribution in [0.3, 0.4) is 0 Å². The van der Waals surface area contributed by atoms with Gasteiger partial charge < -0.3 is 14.2 Å². The molecular weight excluding hydrogens is 514 g/mol. The summed E-state index contributed by atoms with van der Waals surface area (Å²) in [5.74, 6) is 1.61. The van der Waals surface area contributed by atoms with Crippen LogP contribution >= 0.6 is 0 Å². The van der Waals surface area contributed by atoms with Crippen molar-refractivity contribution >= 4 is 5.97 Å². The van der Waals surface area contributed by atoms with Gasteiger partial charge in [0.25, 0.3) is 0 Å². The van der Waals surface area contributed by atoms with Crippen molar-refractivity contribution in [3.63, 3.8) is 0 Å². The molecule has 3 aromatic rings. The minimum Gasteiger partial charge on any atom is -0.494 e. The minimum absolute atomic E-state index is 0.435. The predicted molar refractivity (Wildman–Crippen MR) is 161 cm³/mol. The zero-order valence-corrected chi connectivity index (χ0v) is 25.0. The number of nitrogens with zero attached hydrogens (tertiary/aromatic N) is 1. The van der Waals surface area contributed by atoms with E-state index in [1.165, 1.54) is 5.06 Å². The van der Waals surface area contributed by atoms with Crippen LogP contribution in [0.15, 0.2) is 72.8 Å². The van der Waals surface area contributed by atoms with Crippen molar-refractivity contribution in [2.24, 2.45) is 0 Å². The molecule has 0 unspecified atom stereocenters. The molecule has 4 rings (SSSR count). The quantitative estimate of drug-likeness (QED) is 0.113. The molecule has 0 spiro atoms. The van der Waals surface area contributed by atoms with Crippen LogP contribution in [0.2, 0.25) is 0 Å². The Balaban J connectivity index is 1.36. The van der Waals surface area contributed by atoms with Gasteiger partial charge in [0.15, 0.2) is 0 Å². The molecule has 1 aliphatic heterocycles. The van der Waals surface area contributed by atoms with E-state index < -0.39 is 17.0 Å². The lowest BCUT2D eigenvalue weighted by Crippen LogP contribution is -2.44. The Labute approximate surface area is 245 Å². The highest BCUT2D eigenvalue weighted by atomic mass is 16.5. The SMILES string of the molecule is CCCCCOc1ccc(OC(=O)c2ccc([C@]3(C)CC[C@@](C)(c4ccc(OCCCCC)cc4)N3[O])cc2)cc1. The first-order valence-electron chi connectivity index (χ1n) is 15.1. The van der Waals surface area contributed by atoms with Gasteiger partial charge in [-0.3, -0.25) is 0 Å². The maximum atomic E-state index is 13.8. The summed E-state index contributed by atoms with van der Waals surface area (Å²) in [6.07, 6.45) is 8.11. The van der Waals surface area contributed by atoms with Gasteiger partial charge in [-0.2, -0.15) is 0 Å². The maximum absolute atomic E-state index is 13.8. The summed E-state index contributed by atoms with van der Waals surface area (Å²) in [5, 5.41) is 15.1. The van der Waals surface area contributed by atoms with Crippen LogP contribution in [0.1, 0.15) is 101 Å². The van der Waals surface area contributed by atoms with E-state index >= 15 is 0 Å². The van der Waals surface area contributed by atoms with E-state index in [4.69, 9.17) is 14.2 Å². The molecule has 1 saturated heterocycles. The summed E-state index contributed by atoms with van der Waals surface area (Å²) >= 11 is 0. The second-order valence-electron chi connectivity index (χ2n) is 11.4. The molecule has 0 bridgehead atoms. The molecule has 2 atom stereocenters. The Morgan fingerprint density at radius 3 is 1.54 bits per heavy atom. The van der Waals surface area contributed by atoms with Crippen molar-refractivity contribution in [1.29, 1.82) is 0 Å². The lowest BCUT2D eigenvalue weighted by molar-refractivity contribution is -0.260. The zero-order valence-electron chi connectivity index (χ0n) is 25.0. The van der Waals surface area contributed by atoms with Crippen molar-refractivity contribution < 1.29 is 24.2 Å². The number of ether oxygens (including phenoxy) is 3. The molecular formula is C35H44NO5. The molecule has 0 saturated carbocycles. The van der Waals surface area contributed by atoms with Gasteiger partial charge in [-0.05, 0) is 99.2 Å². The lowest BCUT2D eigenvalue weighted by atomic mass is 9.89. The van der Waals surface area contributed by atoms with Crippen molar-refractivity contribution in [2.45, 2.75) is 90.1 Å². The average molecular weight is 559 g/mol. The van der Waals surface area contributed by atoms with Crippen LogP contribution in [0, 0.1) is 0 Å². The van der Waals surface area contributed by atoms with E-state index in [9.17, 15) is 10.0 Å². The fourth-order valence-corrected chi connectivity index (χ4v) is 5.49. The third kappa shape index (κ3) is 7.30. The number of benzene rings is 3. The fraction of sp³-hybridized carbons (Fsp3) is 0.457. The van der Waals surface area contributed by atoms with Crippen LogP contribution in [0.4, 0.5) is 0 Å². The molecule has 0 amide bonds. The second-order valence-corrected chi connectivity index (χ2v) is 11.4. The van der Waals surface area contributed by atoms with Crippen LogP contribution in [0.5, 0.6) is 17.2 Å². The van der Waals surface area contributed by atoms with E-state index in [2.05, 4.69) is 13.8 Å². The van der Waals surface area contributed by atoms with E-state index in [0.29, 0.717) is 30.9 Å². The van der Waals surface area contributed by atoms with Gasteiger partial charge in [0, 0.05) is 0 Å². The number of carbonyl (C=O) groups is 1. The molecule has 6 nitrogen and oxygen atoms in total. The Morgan fingerprint density at radius 1 is 0.659 bits per heavy atom. The van der Waals surface area contributed by atoms with Gasteiger partial charge in [-0.15, -0.1) is 10.3 Å². The Morgan fingerprint density at radius 2 is 1.07 bits per heavy atom. The average Bonchev–Trinajstić information content (AvgIpc) is 3.24. The van der Waals surface area contributed by atoms with E-state index in [1.54, 1.807) is 24.3 Å². The van der Waals surface area contributed by atoms with Crippen molar-refractivity contribution in [2.75, 3.05) is 13.2 Å². The smallest absolute Gasteiger partial charge is 0.343 e. The summed E-state index contributed by atoms with van der Waals surface area (Å²) in [6, 6.07) is 22.3. The van der Waals surface area contributed by atoms with Crippen LogP contribution in [0.25, 0.3) is 0 Å². The summed E-state index contributed by atoms with van der Waals surface area (Å²) in [4.78, 5) is 12.8. The standard InChI is InChI=1S/C35H44NO5/c1-5-7-9-25-39-30-17-15-29(16-18-30)35(4)24-23-34(3,36(35)38)28-13-11-27(12-14-28)33(37)41-32-21-19-31(20-22-32)40-26-10-8-6-2/h11-22H,5-10,23-26H2,1-4H3/t34-,35-/m0/s1.